The number of rotatable bonds is 9. The molecule has 1 saturated heterocycles. The first kappa shape index (κ1) is 25.3. The molecule has 198 valence electrons. The third-order valence-electron chi connectivity index (χ3n) is 8.65. The first-order chi connectivity index (χ1) is 17.6. The predicted molar refractivity (Wildman–Crippen MR) is 135 cm³/mol. The molecule has 0 unspecified atom stereocenters. The molecule has 2 aromatic rings. The molecule has 2 aliphatic carbocycles. The van der Waals surface area contributed by atoms with Crippen LogP contribution in [0.15, 0.2) is 22.7 Å². The molecule has 0 amide bonds. The van der Waals surface area contributed by atoms with Gasteiger partial charge in [0.2, 0.25) is 0 Å². The first-order valence-corrected chi connectivity index (χ1v) is 13.8. The van der Waals surface area contributed by atoms with Crippen LogP contribution in [0.5, 0.6) is 11.6 Å². The highest BCUT2D eigenvalue weighted by Crippen LogP contribution is 2.37. The normalized spacial score (nSPS) is 28.2. The summed E-state index contributed by atoms with van der Waals surface area (Å²) in [6.45, 7) is 4.11. The number of aliphatic hydroxyl groups excluding tert-OH is 1. The maximum atomic E-state index is 11.2. The number of carboxylic acid groups (broad SMARTS) is 1. The molecule has 2 heterocycles. The minimum Gasteiger partial charge on any atom is -0.489 e. The lowest BCUT2D eigenvalue weighted by atomic mass is 9.81. The molecule has 0 atom stereocenters. The van der Waals surface area contributed by atoms with Crippen molar-refractivity contribution in [2.45, 2.75) is 70.3 Å². The molecular weight excluding hydrogens is 460 g/mol. The van der Waals surface area contributed by atoms with E-state index in [0.717, 1.165) is 95.0 Å². The Morgan fingerprint density at radius 1 is 0.972 bits per heavy atom. The summed E-state index contributed by atoms with van der Waals surface area (Å²) in [6.07, 6.45) is 9.93. The number of nitrogens with zero attached hydrogens (tertiary/aromatic N) is 2. The Morgan fingerprint density at radius 2 is 1.69 bits per heavy atom. The Bertz CT molecular complexity index is 985. The summed E-state index contributed by atoms with van der Waals surface area (Å²) in [7, 11) is 0. The van der Waals surface area contributed by atoms with E-state index in [0.29, 0.717) is 35.8 Å². The number of carboxylic acids is 1. The van der Waals surface area contributed by atoms with Gasteiger partial charge in [-0.1, -0.05) is 6.07 Å². The number of carbonyl (C=O) groups is 1. The van der Waals surface area contributed by atoms with Crippen LogP contribution < -0.4 is 9.47 Å². The summed E-state index contributed by atoms with van der Waals surface area (Å²) in [5.74, 6) is 2.03. The number of fused-ring (bicyclic) bond motifs is 1. The molecule has 0 spiro atoms. The second-order valence-corrected chi connectivity index (χ2v) is 11.2. The van der Waals surface area contributed by atoms with Crippen LogP contribution in [0.25, 0.3) is 11.0 Å². The Morgan fingerprint density at radius 3 is 2.39 bits per heavy atom. The Hall–Kier alpha value is -2.32. The minimum atomic E-state index is -0.627. The van der Waals surface area contributed by atoms with E-state index in [1.807, 2.05) is 18.2 Å². The SMILES string of the molecule is O=C(O)C1CCC(CN2CCC(COc3noc4cccc(OC5CCC(CO)CC5)c34)CC2)CC1. The van der Waals surface area contributed by atoms with Gasteiger partial charge in [0.25, 0.3) is 5.88 Å². The van der Waals surface area contributed by atoms with Gasteiger partial charge in [0.05, 0.1) is 18.6 Å². The highest BCUT2D eigenvalue weighted by Gasteiger charge is 2.29. The van der Waals surface area contributed by atoms with Gasteiger partial charge < -0.3 is 29.1 Å². The molecule has 1 aromatic heterocycles. The zero-order valence-corrected chi connectivity index (χ0v) is 21.1. The average Bonchev–Trinajstić information content (AvgIpc) is 3.33. The highest BCUT2D eigenvalue weighted by atomic mass is 16.5. The molecule has 5 rings (SSSR count). The largest absolute Gasteiger partial charge is 0.489 e. The van der Waals surface area contributed by atoms with Gasteiger partial charge in [-0.2, -0.15) is 0 Å². The number of benzene rings is 1. The molecule has 8 nitrogen and oxygen atoms in total. The minimum absolute atomic E-state index is 0.135. The number of hydrogen-bond donors (Lipinski definition) is 2. The van der Waals surface area contributed by atoms with Gasteiger partial charge in [0.1, 0.15) is 11.1 Å². The van der Waals surface area contributed by atoms with Crippen molar-refractivity contribution in [3.05, 3.63) is 18.2 Å². The third kappa shape index (κ3) is 6.14. The van der Waals surface area contributed by atoms with Gasteiger partial charge in [-0.25, -0.2) is 0 Å². The van der Waals surface area contributed by atoms with E-state index < -0.39 is 5.97 Å². The molecule has 36 heavy (non-hydrogen) atoms. The van der Waals surface area contributed by atoms with Gasteiger partial charge in [0, 0.05) is 13.2 Å². The number of likely N-dealkylation sites (tertiary alicyclic amines) is 1. The lowest BCUT2D eigenvalue weighted by Gasteiger charge is -2.36. The lowest BCUT2D eigenvalue weighted by molar-refractivity contribution is -0.143. The van der Waals surface area contributed by atoms with Crippen molar-refractivity contribution >= 4 is 16.9 Å². The van der Waals surface area contributed by atoms with Gasteiger partial charge in [0.15, 0.2) is 5.58 Å². The van der Waals surface area contributed by atoms with Crippen LogP contribution in [-0.4, -0.2) is 65.2 Å². The summed E-state index contributed by atoms with van der Waals surface area (Å²) in [5.41, 5.74) is 0.680. The second-order valence-electron chi connectivity index (χ2n) is 11.2. The van der Waals surface area contributed by atoms with Crippen molar-refractivity contribution in [3.8, 4) is 11.6 Å². The Kier molecular flexibility index (Phi) is 8.32. The van der Waals surface area contributed by atoms with Crippen LogP contribution in [0, 0.1) is 23.7 Å². The van der Waals surface area contributed by atoms with Crippen LogP contribution >= 0.6 is 0 Å². The zero-order valence-electron chi connectivity index (χ0n) is 21.1. The van der Waals surface area contributed by atoms with Crippen LogP contribution in [0.3, 0.4) is 0 Å². The van der Waals surface area contributed by atoms with Gasteiger partial charge in [-0.05, 0) is 112 Å². The molecule has 3 aliphatic rings. The number of aliphatic carboxylic acids is 1. The van der Waals surface area contributed by atoms with E-state index >= 15 is 0 Å². The standard InChI is InChI=1S/C28H40N2O6/c31-17-20-6-10-23(11-7-20)35-24-2-1-3-25-26(24)27(29-36-25)34-18-21-12-14-30(15-13-21)16-19-4-8-22(9-5-19)28(32)33/h1-3,19-23,31H,4-18H2,(H,32,33). The molecule has 2 N–H and O–H groups in total. The number of aliphatic hydroxyl groups is 1. The summed E-state index contributed by atoms with van der Waals surface area (Å²) in [5, 5.41) is 23.6. The van der Waals surface area contributed by atoms with Crippen molar-refractivity contribution in [2.75, 3.05) is 32.8 Å². The first-order valence-electron chi connectivity index (χ1n) is 13.8. The van der Waals surface area contributed by atoms with E-state index in [1.54, 1.807) is 0 Å². The van der Waals surface area contributed by atoms with E-state index in [1.165, 1.54) is 0 Å². The van der Waals surface area contributed by atoms with E-state index in [2.05, 4.69) is 10.1 Å². The van der Waals surface area contributed by atoms with E-state index in [4.69, 9.17) is 14.0 Å². The van der Waals surface area contributed by atoms with Crippen molar-refractivity contribution in [1.82, 2.24) is 10.1 Å². The fraction of sp³-hybridized carbons (Fsp3) is 0.714. The van der Waals surface area contributed by atoms with Gasteiger partial charge in [-0.15, -0.1) is 0 Å². The topological polar surface area (TPSA) is 105 Å². The van der Waals surface area contributed by atoms with Crippen molar-refractivity contribution < 1.29 is 29.0 Å². The number of aromatic nitrogens is 1. The number of hydrogen-bond acceptors (Lipinski definition) is 7. The average molecular weight is 501 g/mol. The maximum absolute atomic E-state index is 11.2. The predicted octanol–water partition coefficient (Wildman–Crippen LogP) is 4.74. The van der Waals surface area contributed by atoms with Crippen LogP contribution in [-0.2, 0) is 4.79 Å². The molecular formula is C28H40N2O6. The van der Waals surface area contributed by atoms with Gasteiger partial charge in [-0.3, -0.25) is 4.79 Å². The zero-order chi connectivity index (χ0) is 24.9. The summed E-state index contributed by atoms with van der Waals surface area (Å²) < 4.78 is 18.1. The Balaban J connectivity index is 1.10. The summed E-state index contributed by atoms with van der Waals surface area (Å²) in [6, 6.07) is 5.79. The molecule has 2 saturated carbocycles. The molecule has 0 bridgehead atoms. The van der Waals surface area contributed by atoms with Crippen LogP contribution in [0.2, 0.25) is 0 Å². The van der Waals surface area contributed by atoms with Crippen LogP contribution in [0.1, 0.15) is 64.2 Å². The van der Waals surface area contributed by atoms with E-state index in [-0.39, 0.29) is 18.6 Å². The fourth-order valence-electron chi connectivity index (χ4n) is 6.23. The smallest absolute Gasteiger partial charge is 0.306 e. The molecule has 1 aromatic carbocycles. The van der Waals surface area contributed by atoms with E-state index in [9.17, 15) is 15.0 Å². The number of piperidine rings is 1. The molecule has 1 aliphatic heterocycles. The quantitative estimate of drug-likeness (QED) is 0.509. The fourth-order valence-corrected chi connectivity index (χ4v) is 6.23. The maximum Gasteiger partial charge on any atom is 0.306 e. The summed E-state index contributed by atoms with van der Waals surface area (Å²) in [4.78, 5) is 13.7. The van der Waals surface area contributed by atoms with Crippen LogP contribution in [0.4, 0.5) is 0 Å². The summed E-state index contributed by atoms with van der Waals surface area (Å²) >= 11 is 0. The monoisotopic (exact) mass is 500 g/mol. The van der Waals surface area contributed by atoms with Gasteiger partial charge >= 0.3 is 5.97 Å². The molecule has 0 radical (unpaired) electrons. The van der Waals surface area contributed by atoms with Crippen molar-refractivity contribution in [1.29, 1.82) is 0 Å². The van der Waals surface area contributed by atoms with Crippen molar-refractivity contribution in [3.63, 3.8) is 0 Å². The third-order valence-corrected chi connectivity index (χ3v) is 8.65. The highest BCUT2D eigenvalue weighted by molar-refractivity contribution is 5.88. The molecule has 3 fully saturated rings. The Labute approximate surface area is 212 Å². The number of ether oxygens (including phenoxy) is 2. The lowest BCUT2D eigenvalue weighted by Crippen LogP contribution is -2.39. The molecule has 8 heteroatoms. The van der Waals surface area contributed by atoms with Crippen molar-refractivity contribution in [2.24, 2.45) is 23.7 Å². The second kappa shape index (κ2) is 11.8.